The van der Waals surface area contributed by atoms with Gasteiger partial charge in [-0.2, -0.15) is 0 Å². The zero-order valence-electron chi connectivity index (χ0n) is 19.6. The van der Waals surface area contributed by atoms with Crippen molar-refractivity contribution in [3.8, 4) is 0 Å². The number of nitrogens with two attached hydrogens (primary N) is 1. The molecule has 180 valence electrons. The van der Waals surface area contributed by atoms with Crippen molar-refractivity contribution < 1.29 is 9.59 Å². The number of H-pyrrole nitrogens is 1. The summed E-state index contributed by atoms with van der Waals surface area (Å²) in [4.78, 5) is 55.9. The summed E-state index contributed by atoms with van der Waals surface area (Å²) in [5, 5.41) is 2.97. The molecule has 0 radical (unpaired) electrons. The summed E-state index contributed by atoms with van der Waals surface area (Å²) < 4.78 is 1.31. The Kier molecular flexibility index (Phi) is 9.96. The molecule has 0 bridgehead atoms. The van der Waals surface area contributed by atoms with Gasteiger partial charge in [0.25, 0.3) is 5.56 Å². The molecule has 1 fully saturated rings. The van der Waals surface area contributed by atoms with Gasteiger partial charge in [0.15, 0.2) is 5.69 Å². The normalized spacial score (nSPS) is 16.7. The number of nitrogens with zero attached hydrogens (tertiary/aromatic N) is 3. The summed E-state index contributed by atoms with van der Waals surface area (Å²) in [7, 11) is 0. The standard InChI is InChI=1S/C22H38N6O4/c1-4-7-11-24-20(30)16-10-9-12-26(14-16)15-17(29)27(6-3)18-19(23)28(13-8-5-2)22(32)25-21(18)31/h16H,4-15,23H2,1-3H3,(H,24,30)(H,25,31,32). The fourth-order valence-electron chi connectivity index (χ4n) is 4.06. The molecule has 0 saturated carbocycles. The molecule has 32 heavy (non-hydrogen) atoms. The lowest BCUT2D eigenvalue weighted by Gasteiger charge is -2.33. The fraction of sp³-hybridized carbons (Fsp3) is 0.727. The van der Waals surface area contributed by atoms with E-state index in [9.17, 15) is 19.2 Å². The Morgan fingerprint density at radius 3 is 2.56 bits per heavy atom. The van der Waals surface area contributed by atoms with Crippen LogP contribution in [0.15, 0.2) is 9.59 Å². The maximum absolute atomic E-state index is 13.1. The Bertz CT molecular complexity index is 893. The lowest BCUT2D eigenvalue weighted by Crippen LogP contribution is -2.49. The molecule has 1 unspecified atom stereocenters. The van der Waals surface area contributed by atoms with Crippen LogP contribution in [0.25, 0.3) is 0 Å². The summed E-state index contributed by atoms with van der Waals surface area (Å²) in [6, 6.07) is 0. The average molecular weight is 451 g/mol. The Balaban J connectivity index is 2.14. The molecule has 0 aliphatic carbocycles. The van der Waals surface area contributed by atoms with Gasteiger partial charge < -0.3 is 16.0 Å². The van der Waals surface area contributed by atoms with Gasteiger partial charge in [0.1, 0.15) is 5.82 Å². The smallest absolute Gasteiger partial charge is 0.330 e. The number of piperidine rings is 1. The van der Waals surface area contributed by atoms with Crippen molar-refractivity contribution >= 4 is 23.3 Å². The van der Waals surface area contributed by atoms with Gasteiger partial charge in [-0.25, -0.2) is 4.79 Å². The lowest BCUT2D eigenvalue weighted by atomic mass is 9.97. The van der Waals surface area contributed by atoms with Crippen LogP contribution >= 0.6 is 0 Å². The minimum atomic E-state index is -0.665. The molecule has 10 nitrogen and oxygen atoms in total. The SMILES string of the molecule is CCCCNC(=O)C1CCCN(CC(=O)N(CC)c2c(N)n(CCCC)c(=O)[nH]c2=O)C1. The number of unbranched alkanes of at least 4 members (excludes halogenated alkanes) is 2. The van der Waals surface area contributed by atoms with E-state index < -0.39 is 11.2 Å². The highest BCUT2D eigenvalue weighted by Crippen LogP contribution is 2.20. The van der Waals surface area contributed by atoms with Gasteiger partial charge in [-0.3, -0.25) is 28.8 Å². The number of amides is 2. The molecule has 2 rings (SSSR count). The molecule has 1 aromatic heterocycles. The van der Waals surface area contributed by atoms with Crippen LogP contribution in [0.5, 0.6) is 0 Å². The first-order chi connectivity index (χ1) is 15.3. The van der Waals surface area contributed by atoms with Crippen molar-refractivity contribution in [3.63, 3.8) is 0 Å². The zero-order valence-corrected chi connectivity index (χ0v) is 19.6. The Morgan fingerprint density at radius 2 is 1.91 bits per heavy atom. The number of nitrogen functional groups attached to an aromatic ring is 1. The molecule has 1 aromatic rings. The average Bonchev–Trinajstić information content (AvgIpc) is 2.76. The summed E-state index contributed by atoms with van der Waals surface area (Å²) in [5.74, 6) is -0.383. The molecule has 2 heterocycles. The van der Waals surface area contributed by atoms with E-state index in [0.29, 0.717) is 26.2 Å². The molecular formula is C22H38N6O4. The van der Waals surface area contributed by atoms with Gasteiger partial charge in [-0.15, -0.1) is 0 Å². The number of likely N-dealkylation sites (N-methyl/N-ethyl adjacent to an activating group) is 1. The maximum atomic E-state index is 13.1. The van der Waals surface area contributed by atoms with Gasteiger partial charge in [0.2, 0.25) is 11.8 Å². The van der Waals surface area contributed by atoms with E-state index in [0.717, 1.165) is 38.5 Å². The van der Waals surface area contributed by atoms with E-state index in [1.54, 1.807) is 6.92 Å². The molecule has 1 aliphatic heterocycles. The van der Waals surface area contributed by atoms with E-state index in [1.165, 1.54) is 9.47 Å². The first-order valence-electron chi connectivity index (χ1n) is 11.8. The van der Waals surface area contributed by atoms with Gasteiger partial charge >= 0.3 is 5.69 Å². The number of carbonyl (C=O) groups is 2. The Morgan fingerprint density at radius 1 is 1.19 bits per heavy atom. The second-order valence-corrected chi connectivity index (χ2v) is 8.36. The van der Waals surface area contributed by atoms with Crippen LogP contribution in [-0.4, -0.2) is 59.0 Å². The molecule has 2 amide bonds. The number of hydrogen-bond acceptors (Lipinski definition) is 6. The minimum absolute atomic E-state index is 0.00854. The quantitative estimate of drug-likeness (QED) is 0.429. The van der Waals surface area contributed by atoms with Gasteiger partial charge in [-0.1, -0.05) is 26.7 Å². The first-order valence-corrected chi connectivity index (χ1v) is 11.8. The predicted octanol–water partition coefficient (Wildman–Crippen LogP) is 0.900. The maximum Gasteiger partial charge on any atom is 0.330 e. The Hall–Kier alpha value is -2.62. The third-order valence-corrected chi connectivity index (χ3v) is 5.90. The molecule has 1 saturated heterocycles. The summed E-state index contributed by atoms with van der Waals surface area (Å²) >= 11 is 0. The second-order valence-electron chi connectivity index (χ2n) is 8.36. The number of hydrogen-bond donors (Lipinski definition) is 3. The predicted molar refractivity (Wildman–Crippen MR) is 126 cm³/mol. The van der Waals surface area contributed by atoms with Crippen molar-refractivity contribution in [1.29, 1.82) is 0 Å². The van der Waals surface area contributed by atoms with Crippen LogP contribution in [0.1, 0.15) is 59.3 Å². The minimum Gasteiger partial charge on any atom is -0.383 e. The van der Waals surface area contributed by atoms with Crippen molar-refractivity contribution in [2.75, 3.05) is 43.4 Å². The third-order valence-electron chi connectivity index (χ3n) is 5.90. The first kappa shape index (κ1) is 25.6. The Labute approximate surface area is 189 Å². The molecular weight excluding hydrogens is 412 g/mol. The van der Waals surface area contributed by atoms with Crippen molar-refractivity contribution in [2.45, 2.75) is 65.8 Å². The van der Waals surface area contributed by atoms with Crippen molar-refractivity contribution in [2.24, 2.45) is 5.92 Å². The number of likely N-dealkylation sites (tertiary alicyclic amines) is 1. The molecule has 4 N–H and O–H groups in total. The number of carbonyl (C=O) groups excluding carboxylic acids is 2. The topological polar surface area (TPSA) is 134 Å². The van der Waals surface area contributed by atoms with Crippen LogP contribution in [-0.2, 0) is 16.1 Å². The van der Waals surface area contributed by atoms with Gasteiger partial charge in [-0.05, 0) is 39.2 Å². The number of aromatic amines is 1. The van der Waals surface area contributed by atoms with E-state index in [1.807, 2.05) is 11.8 Å². The van der Waals surface area contributed by atoms with E-state index in [2.05, 4.69) is 17.2 Å². The van der Waals surface area contributed by atoms with E-state index in [-0.39, 0.29) is 42.3 Å². The third kappa shape index (κ3) is 6.44. The summed E-state index contributed by atoms with van der Waals surface area (Å²) in [6.45, 7) is 8.42. The highest BCUT2D eigenvalue weighted by molar-refractivity contribution is 5.96. The van der Waals surface area contributed by atoms with Crippen LogP contribution in [0.3, 0.4) is 0 Å². The van der Waals surface area contributed by atoms with Crippen LogP contribution in [0, 0.1) is 5.92 Å². The van der Waals surface area contributed by atoms with E-state index >= 15 is 0 Å². The number of nitrogens with one attached hydrogen (secondary N) is 2. The van der Waals surface area contributed by atoms with Crippen molar-refractivity contribution in [3.05, 3.63) is 20.8 Å². The fourth-order valence-corrected chi connectivity index (χ4v) is 4.06. The van der Waals surface area contributed by atoms with Crippen LogP contribution in [0.4, 0.5) is 11.5 Å². The zero-order chi connectivity index (χ0) is 23.7. The monoisotopic (exact) mass is 450 g/mol. The number of aromatic nitrogens is 2. The van der Waals surface area contributed by atoms with Crippen LogP contribution in [0.2, 0.25) is 0 Å². The van der Waals surface area contributed by atoms with Crippen LogP contribution < -0.4 is 27.2 Å². The van der Waals surface area contributed by atoms with Gasteiger partial charge in [0.05, 0.1) is 12.5 Å². The van der Waals surface area contributed by atoms with E-state index in [4.69, 9.17) is 5.73 Å². The summed E-state index contributed by atoms with van der Waals surface area (Å²) in [5.41, 5.74) is 4.96. The van der Waals surface area contributed by atoms with Gasteiger partial charge in [0, 0.05) is 26.2 Å². The molecule has 10 heteroatoms. The molecule has 0 spiro atoms. The molecule has 0 aromatic carbocycles. The lowest BCUT2D eigenvalue weighted by molar-refractivity contribution is -0.128. The highest BCUT2D eigenvalue weighted by Gasteiger charge is 2.29. The highest BCUT2D eigenvalue weighted by atomic mass is 16.2. The molecule has 1 aliphatic rings. The van der Waals surface area contributed by atoms with Crippen molar-refractivity contribution in [1.82, 2.24) is 19.8 Å². The number of anilines is 2. The molecule has 1 atom stereocenters. The largest absolute Gasteiger partial charge is 0.383 e. The number of rotatable bonds is 11. The second kappa shape index (κ2) is 12.4. The summed E-state index contributed by atoms with van der Waals surface area (Å²) in [6.07, 6.45) is 5.18.